The number of rotatable bonds is 6. The van der Waals surface area contributed by atoms with E-state index < -0.39 is 0 Å². The van der Waals surface area contributed by atoms with E-state index in [1.54, 1.807) is 32.4 Å². The van der Waals surface area contributed by atoms with E-state index in [1.165, 1.54) is 0 Å². The van der Waals surface area contributed by atoms with Crippen LogP contribution in [0.15, 0.2) is 42.5 Å². The molecule has 3 rings (SSSR count). The maximum Gasteiger partial charge on any atom is 0.251 e. The minimum Gasteiger partial charge on any atom is -0.497 e. The number of hydrogen-bond acceptors (Lipinski definition) is 5. The molecule has 126 valence electrons. The first-order valence-corrected chi connectivity index (χ1v) is 7.56. The van der Waals surface area contributed by atoms with Gasteiger partial charge in [-0.3, -0.25) is 4.79 Å². The van der Waals surface area contributed by atoms with E-state index in [2.05, 4.69) is 5.32 Å². The Morgan fingerprint density at radius 1 is 1.17 bits per heavy atom. The number of fused-ring (bicyclic) bond motifs is 1. The second-order valence-electron chi connectivity index (χ2n) is 5.28. The molecule has 6 nitrogen and oxygen atoms in total. The summed E-state index contributed by atoms with van der Waals surface area (Å²) >= 11 is 0. The molecule has 6 heteroatoms. The van der Waals surface area contributed by atoms with Crippen LogP contribution < -0.4 is 19.5 Å². The maximum absolute atomic E-state index is 12.3. The van der Waals surface area contributed by atoms with Gasteiger partial charge in [-0.15, -0.1) is 0 Å². The van der Waals surface area contributed by atoms with Crippen molar-refractivity contribution >= 4 is 5.91 Å². The highest BCUT2D eigenvalue weighted by Crippen LogP contribution is 2.32. The van der Waals surface area contributed by atoms with Gasteiger partial charge in [-0.05, 0) is 35.9 Å². The fourth-order valence-corrected chi connectivity index (χ4v) is 2.50. The summed E-state index contributed by atoms with van der Waals surface area (Å²) in [6.45, 7) is 0.527. The number of ether oxygens (including phenoxy) is 4. The molecule has 1 atom stereocenters. The van der Waals surface area contributed by atoms with E-state index in [1.807, 2.05) is 24.3 Å². The molecular formula is C18H19NO5. The lowest BCUT2D eigenvalue weighted by Crippen LogP contribution is -2.29. The summed E-state index contributed by atoms with van der Waals surface area (Å²) in [6, 6.07) is 12.7. The zero-order valence-electron chi connectivity index (χ0n) is 13.6. The Labute approximate surface area is 140 Å². The zero-order chi connectivity index (χ0) is 16.9. The van der Waals surface area contributed by atoms with Gasteiger partial charge in [-0.1, -0.05) is 12.1 Å². The Kier molecular flexibility index (Phi) is 4.86. The Bertz CT molecular complexity index is 731. The summed E-state index contributed by atoms with van der Waals surface area (Å²) in [5.74, 6) is 1.78. The molecule has 1 amide bonds. The van der Waals surface area contributed by atoms with Crippen LogP contribution in [-0.2, 0) is 4.74 Å². The number of benzene rings is 2. The van der Waals surface area contributed by atoms with E-state index in [0.717, 1.165) is 11.3 Å². The predicted octanol–water partition coefficient (Wildman–Crippen LogP) is 2.54. The van der Waals surface area contributed by atoms with Crippen molar-refractivity contribution in [3.8, 4) is 17.2 Å². The van der Waals surface area contributed by atoms with Gasteiger partial charge < -0.3 is 24.3 Å². The molecule has 0 fully saturated rings. The van der Waals surface area contributed by atoms with Gasteiger partial charge >= 0.3 is 0 Å². The van der Waals surface area contributed by atoms with Crippen molar-refractivity contribution in [2.24, 2.45) is 0 Å². The normalized spacial score (nSPS) is 13.4. The number of carbonyl (C=O) groups excluding carboxylic acids is 1. The number of carbonyl (C=O) groups is 1. The first kappa shape index (κ1) is 16.1. The number of methoxy groups -OCH3 is 2. The molecule has 0 spiro atoms. The summed E-state index contributed by atoms with van der Waals surface area (Å²) in [7, 11) is 3.22. The monoisotopic (exact) mass is 329 g/mol. The van der Waals surface area contributed by atoms with Crippen LogP contribution in [0.3, 0.4) is 0 Å². The summed E-state index contributed by atoms with van der Waals surface area (Å²) in [6.07, 6.45) is -0.266. The highest BCUT2D eigenvalue weighted by atomic mass is 16.7. The van der Waals surface area contributed by atoms with E-state index >= 15 is 0 Å². The fraction of sp³-hybridized carbons (Fsp3) is 0.278. The smallest absolute Gasteiger partial charge is 0.251 e. The van der Waals surface area contributed by atoms with Gasteiger partial charge in [0, 0.05) is 19.2 Å². The molecule has 2 aromatic rings. The van der Waals surface area contributed by atoms with Crippen LogP contribution in [-0.4, -0.2) is 33.5 Å². The molecule has 1 heterocycles. The first-order chi connectivity index (χ1) is 11.7. The summed E-state index contributed by atoms with van der Waals surface area (Å²) in [5, 5.41) is 2.88. The molecule has 1 N–H and O–H groups in total. The van der Waals surface area contributed by atoms with Crippen LogP contribution >= 0.6 is 0 Å². The predicted molar refractivity (Wildman–Crippen MR) is 87.6 cm³/mol. The average molecular weight is 329 g/mol. The van der Waals surface area contributed by atoms with Crippen molar-refractivity contribution < 1.29 is 23.7 Å². The topological polar surface area (TPSA) is 66.0 Å². The molecular weight excluding hydrogens is 310 g/mol. The third-order valence-electron chi connectivity index (χ3n) is 3.83. The van der Waals surface area contributed by atoms with Gasteiger partial charge in [0.25, 0.3) is 5.91 Å². The molecule has 0 saturated carbocycles. The standard InChI is InChI=1S/C18H19NO5/c1-21-14-5-3-4-12(8-14)17(22-2)10-19-18(20)13-6-7-15-16(9-13)24-11-23-15/h3-9,17H,10-11H2,1-2H3,(H,19,20). The molecule has 0 aromatic heterocycles. The second kappa shape index (κ2) is 7.23. The van der Waals surface area contributed by atoms with Crippen molar-refractivity contribution in [3.05, 3.63) is 53.6 Å². The van der Waals surface area contributed by atoms with E-state index in [0.29, 0.717) is 23.6 Å². The van der Waals surface area contributed by atoms with Crippen LogP contribution in [0, 0.1) is 0 Å². The van der Waals surface area contributed by atoms with Gasteiger partial charge in [0.2, 0.25) is 6.79 Å². The summed E-state index contributed by atoms with van der Waals surface area (Å²) < 4.78 is 21.2. The molecule has 0 saturated heterocycles. The van der Waals surface area contributed by atoms with Crippen molar-refractivity contribution in [2.45, 2.75) is 6.10 Å². The van der Waals surface area contributed by atoms with Gasteiger partial charge in [0.15, 0.2) is 11.5 Å². The minimum absolute atomic E-state index is 0.183. The lowest BCUT2D eigenvalue weighted by atomic mass is 10.1. The molecule has 0 bridgehead atoms. The molecule has 0 aliphatic carbocycles. The van der Waals surface area contributed by atoms with E-state index in [-0.39, 0.29) is 18.8 Å². The largest absolute Gasteiger partial charge is 0.497 e. The van der Waals surface area contributed by atoms with Gasteiger partial charge in [0.1, 0.15) is 5.75 Å². The Morgan fingerprint density at radius 2 is 2.00 bits per heavy atom. The molecule has 24 heavy (non-hydrogen) atoms. The molecule has 1 unspecified atom stereocenters. The van der Waals surface area contributed by atoms with Gasteiger partial charge in [-0.25, -0.2) is 0 Å². The van der Waals surface area contributed by atoms with Gasteiger partial charge in [0.05, 0.1) is 13.2 Å². The van der Waals surface area contributed by atoms with E-state index in [9.17, 15) is 4.79 Å². The van der Waals surface area contributed by atoms with Crippen LogP contribution in [0.25, 0.3) is 0 Å². The van der Waals surface area contributed by atoms with Crippen molar-refractivity contribution in [3.63, 3.8) is 0 Å². The Hall–Kier alpha value is -2.73. The summed E-state index contributed by atoms with van der Waals surface area (Å²) in [5.41, 5.74) is 1.45. The quantitative estimate of drug-likeness (QED) is 0.882. The van der Waals surface area contributed by atoms with Crippen molar-refractivity contribution in [2.75, 3.05) is 27.6 Å². The number of nitrogens with one attached hydrogen (secondary N) is 1. The van der Waals surface area contributed by atoms with Gasteiger partial charge in [-0.2, -0.15) is 0 Å². The summed E-state index contributed by atoms with van der Waals surface area (Å²) in [4.78, 5) is 12.3. The third kappa shape index (κ3) is 3.44. The van der Waals surface area contributed by atoms with Crippen molar-refractivity contribution in [1.82, 2.24) is 5.32 Å². The molecule has 2 aromatic carbocycles. The highest BCUT2D eigenvalue weighted by molar-refractivity contribution is 5.94. The number of amides is 1. The molecule has 1 aliphatic rings. The molecule has 1 aliphatic heterocycles. The number of hydrogen-bond donors (Lipinski definition) is 1. The highest BCUT2D eigenvalue weighted by Gasteiger charge is 2.18. The SMILES string of the molecule is COc1cccc(C(CNC(=O)c2ccc3c(c2)OCO3)OC)c1. The van der Waals surface area contributed by atoms with E-state index in [4.69, 9.17) is 18.9 Å². The third-order valence-corrected chi connectivity index (χ3v) is 3.83. The first-order valence-electron chi connectivity index (χ1n) is 7.56. The second-order valence-corrected chi connectivity index (χ2v) is 5.28. The fourth-order valence-electron chi connectivity index (χ4n) is 2.50. The zero-order valence-corrected chi connectivity index (χ0v) is 13.6. The average Bonchev–Trinajstić information content (AvgIpc) is 3.10. The molecule has 0 radical (unpaired) electrons. The van der Waals surface area contributed by atoms with Crippen LogP contribution in [0.4, 0.5) is 0 Å². The van der Waals surface area contributed by atoms with Crippen LogP contribution in [0.1, 0.15) is 22.0 Å². The minimum atomic E-state index is -0.266. The van der Waals surface area contributed by atoms with Crippen LogP contribution in [0.2, 0.25) is 0 Å². The lowest BCUT2D eigenvalue weighted by Gasteiger charge is -2.17. The van der Waals surface area contributed by atoms with Crippen LogP contribution in [0.5, 0.6) is 17.2 Å². The lowest BCUT2D eigenvalue weighted by molar-refractivity contribution is 0.0827. The Balaban J connectivity index is 1.65. The Morgan fingerprint density at radius 3 is 2.79 bits per heavy atom. The maximum atomic E-state index is 12.3. The van der Waals surface area contributed by atoms with Crippen molar-refractivity contribution in [1.29, 1.82) is 0 Å².